The van der Waals surface area contributed by atoms with Crippen LogP contribution in [0, 0.1) is 0 Å². The zero-order chi connectivity index (χ0) is 21.1. The van der Waals surface area contributed by atoms with E-state index in [1.807, 2.05) is 11.0 Å². The van der Waals surface area contributed by atoms with E-state index in [1.54, 1.807) is 31.4 Å². The van der Waals surface area contributed by atoms with Crippen LogP contribution in [0.4, 0.5) is 17.4 Å². The predicted octanol–water partition coefficient (Wildman–Crippen LogP) is 2.87. The second-order valence-corrected chi connectivity index (χ2v) is 7.78. The summed E-state index contributed by atoms with van der Waals surface area (Å²) in [4.78, 5) is 23.5. The van der Waals surface area contributed by atoms with Crippen LogP contribution in [0.1, 0.15) is 16.9 Å². The van der Waals surface area contributed by atoms with E-state index in [-0.39, 0.29) is 11.6 Å². The number of carbonyl (C=O) groups is 1. The number of aromatic nitrogens is 2. The Kier molecular flexibility index (Phi) is 6.16. The normalized spacial score (nSPS) is 16.2. The van der Waals surface area contributed by atoms with Crippen LogP contribution in [0.2, 0.25) is 0 Å². The van der Waals surface area contributed by atoms with Crippen molar-refractivity contribution in [2.75, 3.05) is 48.9 Å². The number of hydrogen-bond acceptors (Lipinski definition) is 8. The molecule has 3 aromatic rings. The van der Waals surface area contributed by atoms with Crippen LogP contribution in [0.25, 0.3) is 11.1 Å². The van der Waals surface area contributed by atoms with E-state index in [0.29, 0.717) is 60.1 Å². The third-order valence-electron chi connectivity index (χ3n) is 4.79. The number of rotatable bonds is 7. The summed E-state index contributed by atoms with van der Waals surface area (Å²) in [6.07, 6.45) is 0.265. The van der Waals surface area contributed by atoms with Crippen LogP contribution in [-0.4, -0.2) is 60.4 Å². The first-order valence-electron chi connectivity index (χ1n) is 9.58. The number of halogens is 1. The Morgan fingerprint density at radius 3 is 3.00 bits per heavy atom. The van der Waals surface area contributed by atoms with E-state index < -0.39 is 6.10 Å². The summed E-state index contributed by atoms with van der Waals surface area (Å²) in [5, 5.41) is 16.0. The van der Waals surface area contributed by atoms with Crippen molar-refractivity contribution in [2.45, 2.75) is 12.5 Å². The summed E-state index contributed by atoms with van der Waals surface area (Å²) in [6, 6.07) is 9.15. The van der Waals surface area contributed by atoms with E-state index in [2.05, 4.69) is 36.5 Å². The number of benzene rings is 1. The largest absolute Gasteiger partial charge is 0.423 e. The average Bonchev–Trinajstić information content (AvgIpc) is 3.33. The highest BCUT2D eigenvalue weighted by Crippen LogP contribution is 2.35. The van der Waals surface area contributed by atoms with E-state index in [9.17, 15) is 9.90 Å². The zero-order valence-electron chi connectivity index (χ0n) is 16.4. The Bertz CT molecular complexity index is 1060. The average molecular weight is 476 g/mol. The van der Waals surface area contributed by atoms with Gasteiger partial charge in [-0.3, -0.25) is 4.79 Å². The molecule has 10 heteroatoms. The molecule has 0 radical (unpaired) electrons. The van der Waals surface area contributed by atoms with Crippen molar-refractivity contribution in [3.63, 3.8) is 0 Å². The fraction of sp³-hybridized carbons (Fsp3) is 0.350. The molecule has 1 saturated heterocycles. The summed E-state index contributed by atoms with van der Waals surface area (Å²) < 4.78 is 11.4. The molecular weight excluding hydrogens is 454 g/mol. The van der Waals surface area contributed by atoms with Crippen LogP contribution in [-0.2, 0) is 4.74 Å². The quantitative estimate of drug-likeness (QED) is 0.353. The molecule has 4 rings (SSSR count). The van der Waals surface area contributed by atoms with Gasteiger partial charge in [-0.25, -0.2) is 4.98 Å². The Labute approximate surface area is 181 Å². The van der Waals surface area contributed by atoms with Crippen LogP contribution >= 0.6 is 15.9 Å². The minimum absolute atomic E-state index is 0.288. The van der Waals surface area contributed by atoms with Gasteiger partial charge in [0.05, 0.1) is 24.1 Å². The Hall–Kier alpha value is -2.69. The van der Waals surface area contributed by atoms with Crippen molar-refractivity contribution in [3.8, 4) is 0 Å². The van der Waals surface area contributed by atoms with Crippen LogP contribution in [0.3, 0.4) is 0 Å². The third-order valence-corrected chi connectivity index (χ3v) is 5.23. The number of amides is 1. The van der Waals surface area contributed by atoms with Gasteiger partial charge in [0.2, 0.25) is 0 Å². The highest BCUT2D eigenvalue weighted by atomic mass is 79.9. The van der Waals surface area contributed by atoms with E-state index >= 15 is 0 Å². The van der Waals surface area contributed by atoms with Gasteiger partial charge in [0.15, 0.2) is 5.58 Å². The number of carbonyl (C=O) groups excluding carboxylic acids is 1. The van der Waals surface area contributed by atoms with Gasteiger partial charge >= 0.3 is 0 Å². The van der Waals surface area contributed by atoms with Crippen molar-refractivity contribution in [3.05, 3.63) is 40.6 Å². The molecule has 1 aliphatic heterocycles. The number of anilines is 3. The standard InChI is InChI=1S/C20H22BrN5O4/c1-29-8-6-22-20-25-15-9-16(26-7-5-12(27)11-26)14(10-17(15)30-20)24-19(28)13-3-2-4-18(21)23-13/h2-4,9-10,12,27H,5-8,11H2,1H3,(H,22,25)(H,24,28). The monoisotopic (exact) mass is 475 g/mol. The minimum atomic E-state index is -0.403. The lowest BCUT2D eigenvalue weighted by molar-refractivity contribution is 0.102. The number of fused-ring (bicyclic) bond motifs is 1. The molecule has 3 N–H and O–H groups in total. The molecule has 1 unspecified atom stereocenters. The number of oxazole rings is 1. The van der Waals surface area contributed by atoms with Gasteiger partial charge in [-0.2, -0.15) is 4.98 Å². The first kappa shape index (κ1) is 20.6. The van der Waals surface area contributed by atoms with Gasteiger partial charge in [0.1, 0.15) is 15.8 Å². The van der Waals surface area contributed by atoms with Gasteiger partial charge < -0.3 is 29.8 Å². The van der Waals surface area contributed by atoms with Gasteiger partial charge in [0, 0.05) is 32.8 Å². The molecule has 1 aromatic carbocycles. The van der Waals surface area contributed by atoms with Crippen LogP contribution in [0.15, 0.2) is 39.4 Å². The van der Waals surface area contributed by atoms with Gasteiger partial charge in [-0.1, -0.05) is 6.07 Å². The smallest absolute Gasteiger partial charge is 0.295 e. The summed E-state index contributed by atoms with van der Waals surface area (Å²) in [5.74, 6) is -0.338. The molecule has 0 spiro atoms. The highest BCUT2D eigenvalue weighted by molar-refractivity contribution is 9.10. The van der Waals surface area contributed by atoms with Crippen molar-refractivity contribution in [1.82, 2.24) is 9.97 Å². The number of ether oxygens (including phenoxy) is 1. The molecule has 9 nitrogen and oxygen atoms in total. The maximum absolute atomic E-state index is 12.8. The van der Waals surface area contributed by atoms with E-state index in [0.717, 1.165) is 5.69 Å². The van der Waals surface area contributed by atoms with Gasteiger partial charge in [0.25, 0.3) is 11.9 Å². The summed E-state index contributed by atoms with van der Waals surface area (Å²) in [5.41, 5.74) is 2.83. The van der Waals surface area contributed by atoms with Gasteiger partial charge in [-0.05, 0) is 40.5 Å². The van der Waals surface area contributed by atoms with Crippen molar-refractivity contribution in [1.29, 1.82) is 0 Å². The molecule has 30 heavy (non-hydrogen) atoms. The molecule has 1 fully saturated rings. The van der Waals surface area contributed by atoms with Crippen molar-refractivity contribution in [2.24, 2.45) is 0 Å². The molecule has 1 amide bonds. The number of hydrogen-bond donors (Lipinski definition) is 3. The zero-order valence-corrected chi connectivity index (χ0v) is 18.0. The predicted molar refractivity (Wildman–Crippen MR) is 117 cm³/mol. The maximum Gasteiger partial charge on any atom is 0.295 e. The molecule has 3 heterocycles. The van der Waals surface area contributed by atoms with Crippen LogP contribution < -0.4 is 15.5 Å². The highest BCUT2D eigenvalue weighted by Gasteiger charge is 2.25. The second-order valence-electron chi connectivity index (χ2n) is 6.96. The number of nitrogens with zero attached hydrogens (tertiary/aromatic N) is 3. The van der Waals surface area contributed by atoms with Crippen molar-refractivity contribution >= 4 is 50.3 Å². The van der Waals surface area contributed by atoms with Crippen LogP contribution in [0.5, 0.6) is 0 Å². The molecule has 0 aliphatic carbocycles. The number of β-amino-alcohol motifs (C(OH)–C–C–N with tert-alkyl or cyclic N) is 1. The van der Waals surface area contributed by atoms with E-state index in [4.69, 9.17) is 9.15 Å². The number of nitrogens with one attached hydrogen (secondary N) is 2. The maximum atomic E-state index is 12.8. The lowest BCUT2D eigenvalue weighted by Gasteiger charge is -2.21. The Balaban J connectivity index is 1.67. The third kappa shape index (κ3) is 4.55. The lowest BCUT2D eigenvalue weighted by Crippen LogP contribution is -2.23. The Morgan fingerprint density at radius 2 is 2.27 bits per heavy atom. The molecular formula is C20H22BrN5O4. The molecule has 1 atom stereocenters. The topological polar surface area (TPSA) is 113 Å². The number of aliphatic hydroxyl groups excluding tert-OH is 1. The summed E-state index contributed by atoms with van der Waals surface area (Å²) >= 11 is 3.29. The molecule has 158 valence electrons. The van der Waals surface area contributed by atoms with Gasteiger partial charge in [-0.15, -0.1) is 0 Å². The second kappa shape index (κ2) is 8.99. The first-order valence-corrected chi connectivity index (χ1v) is 10.4. The molecule has 0 bridgehead atoms. The molecule has 1 aliphatic rings. The minimum Gasteiger partial charge on any atom is -0.423 e. The number of pyridine rings is 1. The molecule has 2 aromatic heterocycles. The molecule has 0 saturated carbocycles. The number of aliphatic hydroxyl groups is 1. The SMILES string of the molecule is COCCNc1nc2cc(N3CCC(O)C3)c(NC(=O)c3cccc(Br)n3)cc2o1. The summed E-state index contributed by atoms with van der Waals surface area (Å²) in [7, 11) is 1.62. The Morgan fingerprint density at radius 1 is 1.40 bits per heavy atom. The fourth-order valence-electron chi connectivity index (χ4n) is 3.34. The summed E-state index contributed by atoms with van der Waals surface area (Å²) in [6.45, 7) is 2.25. The fourth-order valence-corrected chi connectivity index (χ4v) is 3.69. The lowest BCUT2D eigenvalue weighted by atomic mass is 10.2. The van der Waals surface area contributed by atoms with Crippen molar-refractivity contribution < 1.29 is 19.1 Å². The number of methoxy groups -OCH3 is 1. The first-order chi connectivity index (χ1) is 14.5. The van der Waals surface area contributed by atoms with E-state index in [1.165, 1.54) is 0 Å².